The Balaban J connectivity index is 0.000000604. The molecule has 1 rings (SSSR count). The third-order valence-corrected chi connectivity index (χ3v) is 3.32. The van der Waals surface area contributed by atoms with Gasteiger partial charge in [0, 0.05) is 0 Å². The first-order chi connectivity index (χ1) is 12.8. The van der Waals surface area contributed by atoms with E-state index in [4.69, 9.17) is 15.3 Å². The molecule has 0 amide bonds. The van der Waals surface area contributed by atoms with Gasteiger partial charge in [-0.3, -0.25) is 4.79 Å². The van der Waals surface area contributed by atoms with Crippen LogP contribution in [0.2, 0.25) is 0 Å². The second-order valence-electron chi connectivity index (χ2n) is 5.40. The minimum absolute atomic E-state index is 0.118. The Morgan fingerprint density at radius 1 is 0.759 bits per heavy atom. The normalized spacial score (nSPS) is 12.6. The van der Waals surface area contributed by atoms with Crippen LogP contribution in [0.3, 0.4) is 0 Å². The summed E-state index contributed by atoms with van der Waals surface area (Å²) in [7, 11) is 0. The number of benzene rings is 1. The lowest BCUT2D eigenvalue weighted by atomic mass is 9.99. The number of aryl methyl sites for hydroxylation is 1. The van der Waals surface area contributed by atoms with Crippen LogP contribution in [0.25, 0.3) is 0 Å². The number of carboxylic acid groups (broad SMARTS) is 3. The van der Waals surface area contributed by atoms with Crippen LogP contribution in [0.5, 0.6) is 0 Å². The van der Waals surface area contributed by atoms with Crippen molar-refractivity contribution in [3.8, 4) is 0 Å². The Bertz CT molecular complexity index is 742. The van der Waals surface area contributed by atoms with E-state index >= 15 is 0 Å². The first-order valence-corrected chi connectivity index (χ1v) is 7.08. The van der Waals surface area contributed by atoms with Crippen LogP contribution < -0.4 is 0 Å². The molecule has 0 bridgehead atoms. The minimum atomic E-state index is -7.12. The molecule has 0 radical (unpaired) electrons. The maximum atomic E-state index is 12.5. The summed E-state index contributed by atoms with van der Waals surface area (Å²) in [5.41, 5.74) is 1.93. The zero-order chi connectivity index (χ0) is 23.4. The third kappa shape index (κ3) is 5.12. The van der Waals surface area contributed by atoms with Crippen molar-refractivity contribution in [3.63, 3.8) is 0 Å². The van der Waals surface area contributed by atoms with Crippen LogP contribution in [0.4, 0.5) is 35.1 Å². The van der Waals surface area contributed by atoms with Gasteiger partial charge in [0.1, 0.15) is 0 Å². The summed E-state index contributed by atoms with van der Waals surface area (Å²) in [6.07, 6.45) is 0.118. The van der Waals surface area contributed by atoms with E-state index in [2.05, 4.69) is 0 Å². The fourth-order valence-electron chi connectivity index (χ4n) is 1.63. The summed E-state index contributed by atoms with van der Waals surface area (Å²) in [4.78, 5) is 29.6. The molecule has 0 spiro atoms. The Morgan fingerprint density at radius 3 is 1.38 bits per heavy atom. The number of alkyl halides is 8. The molecule has 0 heterocycles. The van der Waals surface area contributed by atoms with Crippen molar-refractivity contribution in [2.75, 3.05) is 0 Å². The van der Waals surface area contributed by atoms with E-state index in [-0.39, 0.29) is 6.42 Å². The average Bonchev–Trinajstić information content (AvgIpc) is 2.56. The van der Waals surface area contributed by atoms with Crippen LogP contribution in [0, 0.1) is 6.92 Å². The number of rotatable bonds is 7. The molecule has 1 aromatic rings. The Hall–Kier alpha value is -2.93. The zero-order valence-electron chi connectivity index (χ0n) is 14.1. The second-order valence-corrected chi connectivity index (χ2v) is 5.40. The highest BCUT2D eigenvalue weighted by Gasteiger charge is 2.85. The molecule has 0 fully saturated rings. The van der Waals surface area contributed by atoms with Crippen molar-refractivity contribution in [2.24, 2.45) is 0 Å². The Labute approximate surface area is 156 Å². The fourth-order valence-corrected chi connectivity index (χ4v) is 1.63. The quantitative estimate of drug-likeness (QED) is 0.561. The van der Waals surface area contributed by atoms with E-state index in [9.17, 15) is 49.5 Å². The van der Waals surface area contributed by atoms with E-state index in [1.165, 1.54) is 0 Å². The van der Waals surface area contributed by atoms with Gasteiger partial charge in [-0.05, 0) is 18.1 Å². The van der Waals surface area contributed by atoms with E-state index in [0.29, 0.717) is 0 Å². The van der Waals surface area contributed by atoms with Gasteiger partial charge in [0.25, 0.3) is 0 Å². The van der Waals surface area contributed by atoms with E-state index < -0.39 is 41.6 Å². The number of aliphatic carboxylic acids is 3. The molecule has 0 saturated heterocycles. The molecule has 14 heteroatoms. The maximum absolute atomic E-state index is 12.5. The fraction of sp³-hybridized carbons (Fsp3) is 0.400. The second kappa shape index (κ2) is 8.61. The first kappa shape index (κ1) is 26.1. The summed E-state index contributed by atoms with van der Waals surface area (Å²) in [5, 5.41) is 23.7. The van der Waals surface area contributed by atoms with E-state index in [1.807, 2.05) is 31.2 Å². The molecule has 164 valence electrons. The molecule has 29 heavy (non-hydrogen) atoms. The highest BCUT2D eigenvalue weighted by Crippen LogP contribution is 2.52. The van der Waals surface area contributed by atoms with Crippen LogP contribution in [0.15, 0.2) is 24.3 Å². The molecule has 3 N–H and O–H groups in total. The first-order valence-electron chi connectivity index (χ1n) is 7.08. The summed E-state index contributed by atoms with van der Waals surface area (Å²) >= 11 is 0. The van der Waals surface area contributed by atoms with Gasteiger partial charge in [-0.1, -0.05) is 24.3 Å². The van der Waals surface area contributed by atoms with Gasteiger partial charge in [0.05, 0.1) is 6.42 Å². The van der Waals surface area contributed by atoms with Gasteiger partial charge < -0.3 is 15.3 Å². The number of hydrogen-bond acceptors (Lipinski definition) is 3. The number of halogens is 8. The summed E-state index contributed by atoms with van der Waals surface area (Å²) in [6.45, 7) is 1.91. The lowest BCUT2D eigenvalue weighted by molar-refractivity contribution is -0.353. The standard InChI is InChI=1S/C9H10O2.C6H2F8O4/c1-7-4-2-3-5-8(7)6-9(10)11;7-3(8,1(15)16)5(11,12)6(13,14)4(9,10)2(17)18/h2-5H,6H2,1H3,(H,10,11);(H,15,16)(H,17,18). The van der Waals surface area contributed by atoms with Crippen molar-refractivity contribution < 1.29 is 64.8 Å². The predicted octanol–water partition coefficient (Wildman–Crippen LogP) is 3.32. The van der Waals surface area contributed by atoms with Crippen LogP contribution >= 0.6 is 0 Å². The molecule has 1 aromatic carbocycles. The van der Waals surface area contributed by atoms with Gasteiger partial charge in [0.2, 0.25) is 0 Å². The molecule has 0 unspecified atom stereocenters. The van der Waals surface area contributed by atoms with Crippen LogP contribution in [-0.2, 0) is 20.8 Å². The molecule has 0 aliphatic rings. The predicted molar refractivity (Wildman–Crippen MR) is 77.6 cm³/mol. The highest BCUT2D eigenvalue weighted by molar-refractivity contribution is 5.80. The summed E-state index contributed by atoms with van der Waals surface area (Å²) in [5.74, 6) is -35.8. The Morgan fingerprint density at radius 2 is 1.10 bits per heavy atom. The Kier molecular flexibility index (Phi) is 7.74. The maximum Gasteiger partial charge on any atom is 0.410 e. The number of carbonyl (C=O) groups is 3. The number of hydrogen-bond donors (Lipinski definition) is 3. The number of carboxylic acids is 3. The lowest BCUT2D eigenvalue weighted by Gasteiger charge is -2.32. The van der Waals surface area contributed by atoms with Crippen LogP contribution in [-0.4, -0.2) is 56.9 Å². The minimum Gasteiger partial charge on any atom is -0.481 e. The molecular weight excluding hydrogens is 428 g/mol. The molecule has 0 aliphatic carbocycles. The van der Waals surface area contributed by atoms with Crippen molar-refractivity contribution in [3.05, 3.63) is 35.4 Å². The van der Waals surface area contributed by atoms with Gasteiger partial charge in [0.15, 0.2) is 0 Å². The van der Waals surface area contributed by atoms with E-state index in [0.717, 1.165) is 11.1 Å². The van der Waals surface area contributed by atoms with Gasteiger partial charge >= 0.3 is 41.6 Å². The van der Waals surface area contributed by atoms with Crippen molar-refractivity contribution in [1.82, 2.24) is 0 Å². The van der Waals surface area contributed by atoms with Crippen LogP contribution in [0.1, 0.15) is 11.1 Å². The molecule has 6 nitrogen and oxygen atoms in total. The monoisotopic (exact) mass is 440 g/mol. The molecule has 0 saturated carbocycles. The highest BCUT2D eigenvalue weighted by atomic mass is 19.4. The summed E-state index contributed by atoms with van der Waals surface area (Å²) in [6, 6.07) is 7.51. The van der Waals surface area contributed by atoms with Crippen molar-refractivity contribution in [1.29, 1.82) is 0 Å². The molecule has 0 aliphatic heterocycles. The largest absolute Gasteiger partial charge is 0.481 e. The van der Waals surface area contributed by atoms with Crippen molar-refractivity contribution >= 4 is 17.9 Å². The van der Waals surface area contributed by atoms with Gasteiger partial charge in [-0.2, -0.15) is 35.1 Å². The zero-order valence-corrected chi connectivity index (χ0v) is 14.1. The molecular formula is C15H12F8O6. The lowest BCUT2D eigenvalue weighted by Crippen LogP contribution is -2.66. The molecule has 0 atom stereocenters. The van der Waals surface area contributed by atoms with E-state index in [1.54, 1.807) is 0 Å². The smallest absolute Gasteiger partial charge is 0.410 e. The average molecular weight is 440 g/mol. The van der Waals surface area contributed by atoms with Gasteiger partial charge in [-0.25, -0.2) is 9.59 Å². The molecule has 0 aromatic heterocycles. The van der Waals surface area contributed by atoms with Gasteiger partial charge in [-0.15, -0.1) is 0 Å². The van der Waals surface area contributed by atoms with Crippen molar-refractivity contribution in [2.45, 2.75) is 37.0 Å². The third-order valence-electron chi connectivity index (χ3n) is 3.32. The summed E-state index contributed by atoms with van der Waals surface area (Å²) < 4.78 is 98.9. The SMILES string of the molecule is Cc1ccccc1CC(=O)O.O=C(O)C(F)(F)C(F)(F)C(F)(F)C(F)(F)C(=O)O. The topological polar surface area (TPSA) is 112 Å².